The van der Waals surface area contributed by atoms with Crippen LogP contribution in [0.1, 0.15) is 77.2 Å². The summed E-state index contributed by atoms with van der Waals surface area (Å²) in [6, 6.07) is 3.24. The van der Waals surface area contributed by atoms with E-state index in [1.807, 2.05) is 0 Å². The van der Waals surface area contributed by atoms with Gasteiger partial charge in [0.25, 0.3) is 0 Å². The van der Waals surface area contributed by atoms with Crippen molar-refractivity contribution in [3.63, 3.8) is 0 Å². The zero-order valence-corrected chi connectivity index (χ0v) is 16.2. The minimum absolute atomic E-state index is 0.0295. The molecule has 1 nitrogen and oxygen atoms in total. The summed E-state index contributed by atoms with van der Waals surface area (Å²) in [6.45, 7) is 4.72. The van der Waals surface area contributed by atoms with Crippen LogP contribution in [0, 0.1) is 17.6 Å². The number of halogens is 2. The van der Waals surface area contributed by atoms with Gasteiger partial charge in [0, 0.05) is 5.56 Å². The fourth-order valence-electron chi connectivity index (χ4n) is 3.38. The van der Waals surface area contributed by atoms with Crippen LogP contribution in [0.2, 0.25) is 0 Å². The number of ether oxygens (including phenoxy) is 1. The third-order valence-electron chi connectivity index (χ3n) is 4.99. The average molecular weight is 363 g/mol. The maximum Gasteiger partial charge on any atom is 0.201 e. The van der Waals surface area contributed by atoms with E-state index in [4.69, 9.17) is 4.74 Å². The topological polar surface area (TPSA) is 9.23 Å². The van der Waals surface area contributed by atoms with Crippen LogP contribution in [0.4, 0.5) is 8.78 Å². The van der Waals surface area contributed by atoms with Crippen molar-refractivity contribution < 1.29 is 13.5 Å². The molecule has 0 amide bonds. The van der Waals surface area contributed by atoms with E-state index in [1.54, 1.807) is 12.1 Å². The smallest absolute Gasteiger partial charge is 0.201 e. The lowest BCUT2D eigenvalue weighted by molar-refractivity contribution is 0.285. The van der Waals surface area contributed by atoms with Crippen LogP contribution in [0.3, 0.4) is 0 Å². The standard InChI is InChI=1S/C23H32F2O/c1-3-5-7-8-9-17-26-21-16-15-20(22(24)23(21)25)19-13-11-18(12-14-19)10-6-4-2/h6,10,13,15-16,18H,3-5,7-9,11-12,14,17H2,1-2H3. The summed E-state index contributed by atoms with van der Waals surface area (Å²) in [5.74, 6) is -1.09. The Morgan fingerprint density at radius 3 is 2.58 bits per heavy atom. The molecule has 0 saturated carbocycles. The van der Waals surface area contributed by atoms with Crippen molar-refractivity contribution >= 4 is 5.57 Å². The molecule has 1 aromatic rings. The summed E-state index contributed by atoms with van der Waals surface area (Å²) < 4.78 is 34.3. The molecule has 1 aromatic carbocycles. The van der Waals surface area contributed by atoms with Gasteiger partial charge in [-0.15, -0.1) is 0 Å². The molecule has 0 saturated heterocycles. The second-order valence-electron chi connectivity index (χ2n) is 7.10. The lowest BCUT2D eigenvalue weighted by atomic mass is 9.86. The lowest BCUT2D eigenvalue weighted by Gasteiger charge is -2.20. The van der Waals surface area contributed by atoms with Crippen molar-refractivity contribution in [2.45, 2.75) is 71.6 Å². The maximum atomic E-state index is 14.5. The van der Waals surface area contributed by atoms with Gasteiger partial charge in [-0.2, -0.15) is 4.39 Å². The van der Waals surface area contributed by atoms with E-state index in [2.05, 4.69) is 32.1 Å². The van der Waals surface area contributed by atoms with Crippen molar-refractivity contribution in [3.8, 4) is 5.75 Å². The molecule has 0 spiro atoms. The van der Waals surface area contributed by atoms with Crippen LogP contribution in [-0.4, -0.2) is 6.61 Å². The highest BCUT2D eigenvalue weighted by Crippen LogP contribution is 2.34. The van der Waals surface area contributed by atoms with Crippen LogP contribution in [0.25, 0.3) is 5.57 Å². The molecule has 0 heterocycles. The quantitative estimate of drug-likeness (QED) is 0.310. The van der Waals surface area contributed by atoms with E-state index in [9.17, 15) is 8.78 Å². The van der Waals surface area contributed by atoms with Crippen LogP contribution in [0.15, 0.2) is 30.4 Å². The molecular formula is C23H32F2O. The maximum absolute atomic E-state index is 14.5. The molecule has 1 unspecified atom stereocenters. The van der Waals surface area contributed by atoms with Gasteiger partial charge in [-0.1, -0.05) is 57.8 Å². The first-order chi connectivity index (χ1) is 12.7. The van der Waals surface area contributed by atoms with E-state index >= 15 is 0 Å². The number of hydrogen-bond donors (Lipinski definition) is 0. The Morgan fingerprint density at radius 2 is 1.88 bits per heavy atom. The molecule has 1 aliphatic rings. The molecule has 0 fully saturated rings. The Kier molecular flexibility index (Phi) is 8.87. The van der Waals surface area contributed by atoms with Crippen LogP contribution >= 0.6 is 0 Å². The Labute approximate surface area is 157 Å². The van der Waals surface area contributed by atoms with Gasteiger partial charge < -0.3 is 4.74 Å². The van der Waals surface area contributed by atoms with Gasteiger partial charge in [0.2, 0.25) is 5.82 Å². The van der Waals surface area contributed by atoms with Gasteiger partial charge in [0.05, 0.1) is 6.61 Å². The monoisotopic (exact) mass is 362 g/mol. The molecule has 144 valence electrons. The molecule has 0 aromatic heterocycles. The summed E-state index contributed by atoms with van der Waals surface area (Å²) >= 11 is 0. The molecule has 1 atom stereocenters. The highest BCUT2D eigenvalue weighted by molar-refractivity contribution is 5.67. The van der Waals surface area contributed by atoms with Gasteiger partial charge in [-0.25, -0.2) is 4.39 Å². The van der Waals surface area contributed by atoms with Gasteiger partial charge in [-0.3, -0.25) is 0 Å². The number of unbranched alkanes of at least 4 members (excludes halogenated alkanes) is 4. The minimum Gasteiger partial charge on any atom is -0.490 e. The second kappa shape index (κ2) is 11.2. The Balaban J connectivity index is 1.94. The van der Waals surface area contributed by atoms with Gasteiger partial charge in [0.15, 0.2) is 11.6 Å². The largest absolute Gasteiger partial charge is 0.490 e. The van der Waals surface area contributed by atoms with Crippen molar-refractivity contribution in [1.82, 2.24) is 0 Å². The third kappa shape index (κ3) is 5.96. The number of allylic oxidation sites excluding steroid dienone is 4. The molecule has 2 rings (SSSR count). The summed E-state index contributed by atoms with van der Waals surface area (Å²) in [5.41, 5.74) is 1.30. The van der Waals surface area contributed by atoms with Crippen molar-refractivity contribution in [3.05, 3.63) is 47.6 Å². The van der Waals surface area contributed by atoms with Crippen LogP contribution < -0.4 is 4.74 Å². The fourth-order valence-corrected chi connectivity index (χ4v) is 3.38. The van der Waals surface area contributed by atoms with E-state index in [0.717, 1.165) is 50.5 Å². The predicted octanol–water partition coefficient (Wildman–Crippen LogP) is 7.46. The highest BCUT2D eigenvalue weighted by Gasteiger charge is 2.20. The van der Waals surface area contributed by atoms with Gasteiger partial charge in [0.1, 0.15) is 0 Å². The van der Waals surface area contributed by atoms with Gasteiger partial charge in [-0.05, 0) is 55.7 Å². The van der Waals surface area contributed by atoms with Crippen molar-refractivity contribution in [2.75, 3.05) is 6.61 Å². The first-order valence-electron chi connectivity index (χ1n) is 10.1. The van der Waals surface area contributed by atoms with E-state index in [0.29, 0.717) is 18.1 Å². The molecule has 1 aliphatic carbocycles. The molecule has 0 radical (unpaired) electrons. The minimum atomic E-state index is -0.857. The number of benzene rings is 1. The van der Waals surface area contributed by atoms with Gasteiger partial charge >= 0.3 is 0 Å². The summed E-state index contributed by atoms with van der Waals surface area (Å²) in [6.07, 6.45) is 15.7. The number of hydrogen-bond acceptors (Lipinski definition) is 1. The SMILES string of the molecule is CCC=CC1CC=C(c2ccc(OCCCCCCC)c(F)c2F)CC1. The summed E-state index contributed by atoms with van der Waals surface area (Å²) in [4.78, 5) is 0. The molecule has 0 bridgehead atoms. The molecule has 26 heavy (non-hydrogen) atoms. The Hall–Kier alpha value is -1.64. The molecule has 3 heteroatoms. The average Bonchev–Trinajstić information content (AvgIpc) is 2.67. The Morgan fingerprint density at radius 1 is 1.08 bits per heavy atom. The first-order valence-corrected chi connectivity index (χ1v) is 10.1. The van der Waals surface area contributed by atoms with E-state index in [-0.39, 0.29) is 5.75 Å². The third-order valence-corrected chi connectivity index (χ3v) is 4.99. The first kappa shape index (κ1) is 20.7. The highest BCUT2D eigenvalue weighted by atomic mass is 19.2. The molecule has 0 aliphatic heterocycles. The van der Waals surface area contributed by atoms with Crippen LogP contribution in [0.5, 0.6) is 5.75 Å². The second-order valence-corrected chi connectivity index (χ2v) is 7.10. The van der Waals surface area contributed by atoms with Crippen molar-refractivity contribution in [2.24, 2.45) is 5.92 Å². The summed E-state index contributed by atoms with van der Waals surface area (Å²) in [7, 11) is 0. The van der Waals surface area contributed by atoms with E-state index in [1.165, 1.54) is 12.8 Å². The lowest BCUT2D eigenvalue weighted by Crippen LogP contribution is -2.06. The van der Waals surface area contributed by atoms with Crippen LogP contribution in [-0.2, 0) is 0 Å². The number of rotatable bonds is 10. The normalized spacial score (nSPS) is 17.5. The molecule has 0 N–H and O–H groups in total. The zero-order chi connectivity index (χ0) is 18.8. The summed E-state index contributed by atoms with van der Waals surface area (Å²) in [5, 5.41) is 0. The fraction of sp³-hybridized carbons (Fsp3) is 0.565. The molecular weight excluding hydrogens is 330 g/mol. The van der Waals surface area contributed by atoms with Crippen molar-refractivity contribution in [1.29, 1.82) is 0 Å². The Bertz CT molecular complexity index is 619. The predicted molar refractivity (Wildman–Crippen MR) is 105 cm³/mol. The van der Waals surface area contributed by atoms with E-state index < -0.39 is 11.6 Å². The zero-order valence-electron chi connectivity index (χ0n) is 16.2.